The van der Waals surface area contributed by atoms with Crippen molar-refractivity contribution in [2.75, 3.05) is 13.1 Å². The molecule has 2 bridgehead atoms. The van der Waals surface area contributed by atoms with E-state index in [1.807, 2.05) is 0 Å². The Hall–Kier alpha value is -1.24. The predicted molar refractivity (Wildman–Crippen MR) is 78.4 cm³/mol. The Bertz CT molecular complexity index is 549. The number of hydrogen-bond acceptors (Lipinski definition) is 3. The molecule has 0 aromatic heterocycles. The van der Waals surface area contributed by atoms with Crippen LogP contribution in [0.25, 0.3) is 0 Å². The maximum Gasteiger partial charge on any atom is 0.280 e. The van der Waals surface area contributed by atoms with Gasteiger partial charge in [0.05, 0.1) is 24.4 Å². The van der Waals surface area contributed by atoms with Gasteiger partial charge in [0, 0.05) is 0 Å². The number of nitrogens with one attached hydrogen (secondary N) is 2. The van der Waals surface area contributed by atoms with Crippen LogP contribution in [0.4, 0.5) is 8.78 Å². The summed E-state index contributed by atoms with van der Waals surface area (Å²) in [7, 11) is 0. The highest BCUT2D eigenvalue weighted by molar-refractivity contribution is 5.89. The molecule has 1 aliphatic heterocycles. The van der Waals surface area contributed by atoms with E-state index in [4.69, 9.17) is 5.73 Å². The Morgan fingerprint density at radius 3 is 2.30 bits per heavy atom. The van der Waals surface area contributed by atoms with E-state index in [0.29, 0.717) is 6.54 Å². The number of carbonyl (C=O) groups is 2. The van der Waals surface area contributed by atoms with Crippen molar-refractivity contribution in [3.05, 3.63) is 0 Å². The number of nitrogens with two attached hydrogens (primary N) is 1. The summed E-state index contributed by atoms with van der Waals surface area (Å²) in [6.45, 7) is 0.0400. The third-order valence-electron chi connectivity index (χ3n) is 6.77. The fourth-order valence-electron chi connectivity index (χ4n) is 5.67. The monoisotopic (exact) mass is 327 g/mol. The van der Waals surface area contributed by atoms with Gasteiger partial charge in [-0.1, -0.05) is 0 Å². The third kappa shape index (κ3) is 2.12. The van der Waals surface area contributed by atoms with Crippen LogP contribution in [0, 0.1) is 29.1 Å². The Kier molecular flexibility index (Phi) is 3.25. The van der Waals surface area contributed by atoms with E-state index in [2.05, 4.69) is 10.6 Å². The van der Waals surface area contributed by atoms with Crippen LogP contribution in [0.15, 0.2) is 0 Å². The van der Waals surface area contributed by atoms with Crippen LogP contribution in [-0.4, -0.2) is 36.9 Å². The molecule has 0 radical (unpaired) electrons. The molecule has 3 saturated carbocycles. The molecular weight excluding hydrogens is 304 g/mol. The second-order valence-corrected chi connectivity index (χ2v) is 7.77. The zero-order chi connectivity index (χ0) is 16.4. The molecule has 1 heterocycles. The Morgan fingerprint density at radius 1 is 1.09 bits per heavy atom. The van der Waals surface area contributed by atoms with Crippen LogP contribution in [0.5, 0.6) is 0 Å². The Balaban J connectivity index is 1.54. The lowest BCUT2D eigenvalue weighted by Crippen LogP contribution is -2.59. The minimum atomic E-state index is -2.95. The van der Waals surface area contributed by atoms with Crippen LogP contribution >= 0.6 is 0 Å². The molecule has 7 heteroatoms. The van der Waals surface area contributed by atoms with E-state index in [1.54, 1.807) is 0 Å². The summed E-state index contributed by atoms with van der Waals surface area (Å²) in [6.07, 6.45) is 4.13. The average Bonchev–Trinajstić information content (AvgIpc) is 3.14. The van der Waals surface area contributed by atoms with Gasteiger partial charge < -0.3 is 16.4 Å². The van der Waals surface area contributed by atoms with Crippen LogP contribution < -0.4 is 16.4 Å². The van der Waals surface area contributed by atoms with Gasteiger partial charge in [0.2, 0.25) is 11.8 Å². The first-order valence-electron chi connectivity index (χ1n) is 8.55. The standard InChI is InChI=1S/C16H23F2N3O2/c17-16(18)7-20-6-3-10(16)21-14(23)12-9-2-1-8(11(12)13(19)22)15(9)4-5-15/h8-12,20H,1-7H2,(H2,19,22)(H,21,23). The molecule has 128 valence electrons. The van der Waals surface area contributed by atoms with Gasteiger partial charge in [0.15, 0.2) is 0 Å². The quantitative estimate of drug-likeness (QED) is 0.711. The molecule has 2 amide bonds. The predicted octanol–water partition coefficient (Wildman–Crippen LogP) is 0.637. The van der Waals surface area contributed by atoms with Gasteiger partial charge in [-0.25, -0.2) is 8.78 Å². The van der Waals surface area contributed by atoms with E-state index in [-0.39, 0.29) is 29.6 Å². The number of carbonyl (C=O) groups excluding carboxylic acids is 2. The minimum absolute atomic E-state index is 0.0956. The zero-order valence-corrected chi connectivity index (χ0v) is 13.0. The fourth-order valence-corrected chi connectivity index (χ4v) is 5.67. The molecule has 0 aromatic rings. The summed E-state index contributed by atoms with van der Waals surface area (Å²) < 4.78 is 27.9. The number of alkyl halides is 2. The number of halogens is 2. The third-order valence-corrected chi connectivity index (χ3v) is 6.77. The number of primary amides is 1. The number of rotatable bonds is 3. The van der Waals surface area contributed by atoms with Gasteiger partial charge in [-0.05, 0) is 55.9 Å². The summed E-state index contributed by atoms with van der Waals surface area (Å²) >= 11 is 0. The highest BCUT2D eigenvalue weighted by Gasteiger charge is 2.71. The first-order valence-corrected chi connectivity index (χ1v) is 8.55. The summed E-state index contributed by atoms with van der Waals surface area (Å²) in [4.78, 5) is 24.7. The molecule has 4 N–H and O–H groups in total. The minimum Gasteiger partial charge on any atom is -0.369 e. The first kappa shape index (κ1) is 15.3. The van der Waals surface area contributed by atoms with Crippen LogP contribution in [0.2, 0.25) is 0 Å². The molecule has 4 rings (SSSR count). The van der Waals surface area contributed by atoms with Crippen molar-refractivity contribution in [1.29, 1.82) is 0 Å². The summed E-state index contributed by atoms with van der Waals surface area (Å²) in [6, 6.07) is -1.15. The van der Waals surface area contributed by atoms with E-state index in [0.717, 1.165) is 25.7 Å². The second-order valence-electron chi connectivity index (χ2n) is 7.77. The van der Waals surface area contributed by atoms with Crippen LogP contribution in [0.1, 0.15) is 32.1 Å². The molecule has 5 atom stereocenters. The maximum atomic E-state index is 14.0. The molecule has 1 spiro atoms. The van der Waals surface area contributed by atoms with Crippen molar-refractivity contribution in [2.24, 2.45) is 34.8 Å². The van der Waals surface area contributed by atoms with Crippen molar-refractivity contribution < 1.29 is 18.4 Å². The van der Waals surface area contributed by atoms with Gasteiger partial charge in [-0.3, -0.25) is 9.59 Å². The Morgan fingerprint density at radius 2 is 1.74 bits per heavy atom. The smallest absolute Gasteiger partial charge is 0.280 e. The van der Waals surface area contributed by atoms with Gasteiger partial charge in [-0.15, -0.1) is 0 Å². The van der Waals surface area contributed by atoms with E-state index in [1.165, 1.54) is 0 Å². The fraction of sp³-hybridized carbons (Fsp3) is 0.875. The molecule has 5 nitrogen and oxygen atoms in total. The lowest BCUT2D eigenvalue weighted by Gasteiger charge is -2.35. The normalized spacial score (nSPS) is 42.6. The lowest BCUT2D eigenvalue weighted by molar-refractivity contribution is -0.139. The first-order chi connectivity index (χ1) is 10.9. The molecule has 23 heavy (non-hydrogen) atoms. The van der Waals surface area contributed by atoms with E-state index in [9.17, 15) is 18.4 Å². The maximum absolute atomic E-state index is 14.0. The zero-order valence-electron chi connectivity index (χ0n) is 13.0. The summed E-state index contributed by atoms with van der Waals surface area (Å²) in [5.74, 6) is -4.47. The number of piperidine rings is 1. The molecule has 4 fully saturated rings. The highest BCUT2D eigenvalue weighted by Crippen LogP contribution is 2.74. The van der Waals surface area contributed by atoms with E-state index >= 15 is 0 Å². The van der Waals surface area contributed by atoms with Gasteiger partial charge in [-0.2, -0.15) is 0 Å². The van der Waals surface area contributed by atoms with Crippen molar-refractivity contribution >= 4 is 11.8 Å². The van der Waals surface area contributed by atoms with Crippen molar-refractivity contribution in [1.82, 2.24) is 10.6 Å². The molecule has 3 aliphatic carbocycles. The SMILES string of the molecule is NC(=O)C1C(C(=O)NC2CCNCC2(F)F)C2CCC1C21CC1. The average molecular weight is 327 g/mol. The van der Waals surface area contributed by atoms with Gasteiger partial charge in [0.25, 0.3) is 5.92 Å². The van der Waals surface area contributed by atoms with Crippen molar-refractivity contribution in [3.8, 4) is 0 Å². The second kappa shape index (κ2) is 4.88. The Labute approximate surface area is 133 Å². The molecular formula is C16H23F2N3O2. The summed E-state index contributed by atoms with van der Waals surface area (Å²) in [5.41, 5.74) is 5.67. The highest BCUT2D eigenvalue weighted by atomic mass is 19.3. The van der Waals surface area contributed by atoms with Gasteiger partial charge >= 0.3 is 0 Å². The van der Waals surface area contributed by atoms with Crippen molar-refractivity contribution in [3.63, 3.8) is 0 Å². The number of amides is 2. The summed E-state index contributed by atoms with van der Waals surface area (Å²) in [5, 5.41) is 5.20. The number of hydrogen-bond donors (Lipinski definition) is 3. The van der Waals surface area contributed by atoms with Crippen molar-refractivity contribution in [2.45, 2.75) is 44.1 Å². The molecule has 1 saturated heterocycles. The molecule has 5 unspecified atom stereocenters. The van der Waals surface area contributed by atoms with Gasteiger partial charge in [0.1, 0.15) is 0 Å². The van der Waals surface area contributed by atoms with Crippen LogP contribution in [-0.2, 0) is 9.59 Å². The van der Waals surface area contributed by atoms with E-state index < -0.39 is 36.3 Å². The molecule has 0 aromatic carbocycles. The molecule has 4 aliphatic rings. The lowest BCUT2D eigenvalue weighted by atomic mass is 9.78. The topological polar surface area (TPSA) is 84.2 Å². The largest absolute Gasteiger partial charge is 0.369 e. The van der Waals surface area contributed by atoms with Crippen LogP contribution in [0.3, 0.4) is 0 Å².